The average molecular weight is 224 g/mol. The van der Waals surface area contributed by atoms with E-state index in [1.54, 1.807) is 7.11 Å². The number of nitrogens with zero attached hydrogens (tertiary/aromatic N) is 3. The van der Waals surface area contributed by atoms with Crippen molar-refractivity contribution in [3.8, 4) is 0 Å². The van der Waals surface area contributed by atoms with Crippen molar-refractivity contribution in [2.45, 2.75) is 38.8 Å². The van der Waals surface area contributed by atoms with E-state index in [9.17, 15) is 0 Å². The molecule has 0 bridgehead atoms. The molecule has 5 heteroatoms. The smallest absolute Gasteiger partial charge is 0.164 e. The van der Waals surface area contributed by atoms with Gasteiger partial charge in [-0.3, -0.25) is 0 Å². The van der Waals surface area contributed by atoms with Crippen molar-refractivity contribution in [1.29, 1.82) is 0 Å². The molecule has 0 aromatic carbocycles. The van der Waals surface area contributed by atoms with Gasteiger partial charge in [-0.1, -0.05) is 0 Å². The number of methoxy groups -OCH3 is 1. The zero-order chi connectivity index (χ0) is 11.8. The summed E-state index contributed by atoms with van der Waals surface area (Å²) in [5, 5.41) is 8.50. The molecule has 0 spiro atoms. The van der Waals surface area contributed by atoms with Crippen molar-refractivity contribution in [2.24, 2.45) is 11.7 Å². The lowest BCUT2D eigenvalue weighted by molar-refractivity contribution is 0.00748. The minimum Gasteiger partial charge on any atom is -0.371 e. The average Bonchev–Trinajstić information content (AvgIpc) is 2.72. The highest BCUT2D eigenvalue weighted by molar-refractivity contribution is 5.06. The molecule has 0 radical (unpaired) electrons. The lowest BCUT2D eigenvalue weighted by Crippen LogP contribution is -2.30. The Hall–Kier alpha value is -0.940. The molecule has 0 saturated heterocycles. The second-order valence-corrected chi connectivity index (χ2v) is 4.90. The summed E-state index contributed by atoms with van der Waals surface area (Å²) in [6.45, 7) is 5.71. The minimum absolute atomic E-state index is 0.374. The van der Waals surface area contributed by atoms with Gasteiger partial charge in [0.2, 0.25) is 0 Å². The van der Waals surface area contributed by atoms with Crippen LogP contribution in [-0.2, 0) is 23.3 Å². The van der Waals surface area contributed by atoms with Gasteiger partial charge in [-0.15, -0.1) is 10.2 Å². The highest BCUT2D eigenvalue weighted by Crippen LogP contribution is 2.27. The summed E-state index contributed by atoms with van der Waals surface area (Å²) in [5.74, 6) is 2.51. The predicted molar refractivity (Wildman–Crippen MR) is 60.9 cm³/mol. The molecule has 0 amide bonds. The molecular weight excluding hydrogens is 204 g/mol. The van der Waals surface area contributed by atoms with Gasteiger partial charge in [0.1, 0.15) is 11.4 Å². The van der Waals surface area contributed by atoms with Gasteiger partial charge in [-0.05, 0) is 32.7 Å². The number of fused-ring (bicyclic) bond motifs is 1. The minimum atomic E-state index is -0.374. The second kappa shape index (κ2) is 4.14. The molecule has 1 aromatic rings. The van der Waals surface area contributed by atoms with E-state index in [1.165, 1.54) is 0 Å². The third kappa shape index (κ3) is 1.85. The number of ether oxygens (including phenoxy) is 1. The summed E-state index contributed by atoms with van der Waals surface area (Å²) >= 11 is 0. The van der Waals surface area contributed by atoms with Crippen molar-refractivity contribution in [1.82, 2.24) is 14.8 Å². The van der Waals surface area contributed by atoms with Crippen LogP contribution in [0.2, 0.25) is 0 Å². The number of nitrogens with two attached hydrogens (primary N) is 1. The molecule has 1 aliphatic rings. The number of aromatic nitrogens is 3. The van der Waals surface area contributed by atoms with Gasteiger partial charge in [-0.25, -0.2) is 0 Å². The Bertz CT molecular complexity index is 372. The van der Waals surface area contributed by atoms with Gasteiger partial charge in [-0.2, -0.15) is 0 Å². The monoisotopic (exact) mass is 224 g/mol. The van der Waals surface area contributed by atoms with Crippen molar-refractivity contribution in [2.75, 3.05) is 13.7 Å². The van der Waals surface area contributed by atoms with Crippen LogP contribution >= 0.6 is 0 Å². The van der Waals surface area contributed by atoms with E-state index < -0.39 is 0 Å². The summed E-state index contributed by atoms with van der Waals surface area (Å²) in [7, 11) is 1.70. The molecule has 2 N–H and O–H groups in total. The van der Waals surface area contributed by atoms with Crippen LogP contribution in [0.15, 0.2) is 0 Å². The van der Waals surface area contributed by atoms with Crippen LogP contribution in [0.4, 0.5) is 0 Å². The summed E-state index contributed by atoms with van der Waals surface area (Å²) in [5.41, 5.74) is 5.32. The van der Waals surface area contributed by atoms with Gasteiger partial charge >= 0.3 is 0 Å². The molecule has 1 aliphatic heterocycles. The lowest BCUT2D eigenvalue weighted by atomic mass is 9.97. The summed E-state index contributed by atoms with van der Waals surface area (Å²) in [6.07, 6.45) is 2.04. The number of hydrogen-bond donors (Lipinski definition) is 1. The van der Waals surface area contributed by atoms with E-state index in [0.717, 1.165) is 37.6 Å². The highest BCUT2D eigenvalue weighted by atomic mass is 16.5. The first-order valence-corrected chi connectivity index (χ1v) is 5.76. The first-order chi connectivity index (χ1) is 7.58. The van der Waals surface area contributed by atoms with Crippen molar-refractivity contribution < 1.29 is 4.74 Å². The third-order valence-electron chi connectivity index (χ3n) is 3.44. The maximum atomic E-state index is 5.70. The van der Waals surface area contributed by atoms with Crippen LogP contribution in [0, 0.1) is 5.92 Å². The van der Waals surface area contributed by atoms with Crippen molar-refractivity contribution in [3.63, 3.8) is 0 Å². The second-order valence-electron chi connectivity index (χ2n) is 4.90. The summed E-state index contributed by atoms with van der Waals surface area (Å²) in [6, 6.07) is 0. The Morgan fingerprint density at radius 1 is 1.50 bits per heavy atom. The zero-order valence-electron chi connectivity index (χ0n) is 10.2. The van der Waals surface area contributed by atoms with Crippen LogP contribution in [-0.4, -0.2) is 28.4 Å². The van der Waals surface area contributed by atoms with Crippen LogP contribution in [0.1, 0.15) is 31.9 Å². The lowest BCUT2D eigenvalue weighted by Gasteiger charge is -2.27. The molecule has 0 saturated carbocycles. The number of rotatable bonds is 3. The third-order valence-corrected chi connectivity index (χ3v) is 3.44. The van der Waals surface area contributed by atoms with E-state index >= 15 is 0 Å². The largest absolute Gasteiger partial charge is 0.371 e. The topological polar surface area (TPSA) is 66.0 Å². The van der Waals surface area contributed by atoms with E-state index in [-0.39, 0.29) is 5.60 Å². The molecule has 1 unspecified atom stereocenters. The van der Waals surface area contributed by atoms with Crippen molar-refractivity contribution in [3.05, 3.63) is 11.6 Å². The number of hydrogen-bond acceptors (Lipinski definition) is 4. The predicted octanol–water partition coefficient (Wildman–Crippen LogP) is 0.681. The normalized spacial score (nSPS) is 20.9. The Morgan fingerprint density at radius 3 is 2.88 bits per heavy atom. The Kier molecular flexibility index (Phi) is 2.99. The van der Waals surface area contributed by atoms with Crippen LogP contribution < -0.4 is 5.73 Å². The summed E-state index contributed by atoms with van der Waals surface area (Å²) < 4.78 is 7.63. The van der Waals surface area contributed by atoms with Gasteiger partial charge in [0, 0.05) is 20.1 Å². The first-order valence-electron chi connectivity index (χ1n) is 5.76. The Labute approximate surface area is 96.0 Å². The van der Waals surface area contributed by atoms with E-state index in [0.29, 0.717) is 5.92 Å². The molecule has 1 aromatic heterocycles. The maximum absolute atomic E-state index is 5.70. The fourth-order valence-electron chi connectivity index (χ4n) is 2.13. The van der Waals surface area contributed by atoms with Crippen molar-refractivity contribution >= 4 is 0 Å². The molecule has 2 rings (SSSR count). The molecule has 0 fully saturated rings. The maximum Gasteiger partial charge on any atom is 0.164 e. The molecular formula is C11H20N4O. The SMILES string of the molecule is COC(C)(C)c1nnc2n1CCC(CN)C2. The molecule has 1 atom stereocenters. The van der Waals surface area contributed by atoms with Crippen LogP contribution in [0.5, 0.6) is 0 Å². The highest BCUT2D eigenvalue weighted by Gasteiger charge is 2.30. The zero-order valence-corrected chi connectivity index (χ0v) is 10.2. The fraction of sp³-hybridized carbons (Fsp3) is 0.818. The van der Waals surface area contributed by atoms with Gasteiger partial charge in [0.15, 0.2) is 5.82 Å². The molecule has 16 heavy (non-hydrogen) atoms. The molecule has 5 nitrogen and oxygen atoms in total. The van der Waals surface area contributed by atoms with Gasteiger partial charge in [0.05, 0.1) is 0 Å². The van der Waals surface area contributed by atoms with Crippen LogP contribution in [0.25, 0.3) is 0 Å². The Morgan fingerprint density at radius 2 is 2.25 bits per heavy atom. The quantitative estimate of drug-likeness (QED) is 0.820. The molecule has 0 aliphatic carbocycles. The summed E-state index contributed by atoms with van der Waals surface area (Å²) in [4.78, 5) is 0. The van der Waals surface area contributed by atoms with Gasteiger partial charge < -0.3 is 15.0 Å². The fourth-order valence-corrected chi connectivity index (χ4v) is 2.13. The Balaban J connectivity index is 2.29. The standard InChI is InChI=1S/C11H20N4O/c1-11(2,16-3)10-14-13-9-6-8(7-12)4-5-15(9)10/h8H,4-7,12H2,1-3H3. The van der Waals surface area contributed by atoms with E-state index in [2.05, 4.69) is 14.8 Å². The molecule has 90 valence electrons. The van der Waals surface area contributed by atoms with E-state index in [4.69, 9.17) is 10.5 Å². The molecule has 2 heterocycles. The van der Waals surface area contributed by atoms with E-state index in [1.807, 2.05) is 13.8 Å². The first kappa shape index (κ1) is 11.5. The van der Waals surface area contributed by atoms with Crippen LogP contribution in [0.3, 0.4) is 0 Å². The van der Waals surface area contributed by atoms with Gasteiger partial charge in [0.25, 0.3) is 0 Å².